The van der Waals surface area contributed by atoms with Crippen LogP contribution in [0.15, 0.2) is 24.3 Å². The SMILES string of the molecule is COCc1cccc(NC(=O)CCCCCCN)c1.Cl. The van der Waals surface area contributed by atoms with Gasteiger partial charge in [0.15, 0.2) is 0 Å². The summed E-state index contributed by atoms with van der Waals surface area (Å²) in [5.74, 6) is 0.0716. The summed E-state index contributed by atoms with van der Waals surface area (Å²) in [6.07, 6.45) is 4.70. The number of unbranched alkanes of at least 4 members (excludes halogenated alkanes) is 3. The lowest BCUT2D eigenvalue weighted by atomic mass is 10.1. The molecule has 0 heterocycles. The van der Waals surface area contributed by atoms with Crippen LogP contribution in [0.2, 0.25) is 0 Å². The van der Waals surface area contributed by atoms with Gasteiger partial charge < -0.3 is 15.8 Å². The van der Waals surface area contributed by atoms with Crippen LogP contribution in [0.3, 0.4) is 0 Å². The van der Waals surface area contributed by atoms with Crippen LogP contribution in [0.5, 0.6) is 0 Å². The maximum absolute atomic E-state index is 11.7. The first-order valence-electron chi connectivity index (χ1n) is 6.84. The van der Waals surface area contributed by atoms with Gasteiger partial charge in [-0.3, -0.25) is 4.79 Å². The molecule has 0 spiro atoms. The Morgan fingerprint density at radius 2 is 2.00 bits per heavy atom. The zero-order valence-electron chi connectivity index (χ0n) is 12.1. The van der Waals surface area contributed by atoms with E-state index in [-0.39, 0.29) is 18.3 Å². The van der Waals surface area contributed by atoms with E-state index in [0.29, 0.717) is 13.0 Å². The Morgan fingerprint density at radius 3 is 2.70 bits per heavy atom. The fourth-order valence-electron chi connectivity index (χ4n) is 1.91. The molecule has 0 fully saturated rings. The average molecular weight is 301 g/mol. The Kier molecular flexibility index (Phi) is 11.1. The van der Waals surface area contributed by atoms with Crippen molar-refractivity contribution in [2.75, 3.05) is 19.0 Å². The second kappa shape index (κ2) is 11.7. The monoisotopic (exact) mass is 300 g/mol. The minimum absolute atomic E-state index is 0. The molecule has 5 heteroatoms. The maximum Gasteiger partial charge on any atom is 0.224 e. The van der Waals surface area contributed by atoms with Gasteiger partial charge in [-0.15, -0.1) is 12.4 Å². The Labute approximate surface area is 127 Å². The van der Waals surface area contributed by atoms with E-state index in [4.69, 9.17) is 10.5 Å². The quantitative estimate of drug-likeness (QED) is 0.689. The van der Waals surface area contributed by atoms with Gasteiger partial charge in [0, 0.05) is 19.2 Å². The number of nitrogens with one attached hydrogen (secondary N) is 1. The molecule has 1 aromatic carbocycles. The number of benzene rings is 1. The molecule has 4 nitrogen and oxygen atoms in total. The van der Waals surface area contributed by atoms with Crippen LogP contribution in [-0.4, -0.2) is 19.6 Å². The summed E-state index contributed by atoms with van der Waals surface area (Å²) in [5.41, 5.74) is 7.32. The minimum atomic E-state index is 0. The molecule has 3 N–H and O–H groups in total. The lowest BCUT2D eigenvalue weighted by molar-refractivity contribution is -0.116. The van der Waals surface area contributed by atoms with Crippen molar-refractivity contribution in [3.05, 3.63) is 29.8 Å². The van der Waals surface area contributed by atoms with Crippen molar-refractivity contribution in [1.29, 1.82) is 0 Å². The van der Waals surface area contributed by atoms with Gasteiger partial charge in [-0.2, -0.15) is 0 Å². The second-order valence-electron chi connectivity index (χ2n) is 4.63. The Morgan fingerprint density at radius 1 is 1.25 bits per heavy atom. The summed E-state index contributed by atoms with van der Waals surface area (Å²) < 4.78 is 5.07. The largest absolute Gasteiger partial charge is 0.380 e. The number of hydrogen-bond acceptors (Lipinski definition) is 3. The van der Waals surface area contributed by atoms with Gasteiger partial charge in [0.05, 0.1) is 6.61 Å². The molecular formula is C15H25ClN2O2. The summed E-state index contributed by atoms with van der Waals surface area (Å²) in [4.78, 5) is 11.7. The number of nitrogens with two attached hydrogens (primary N) is 1. The number of hydrogen-bond donors (Lipinski definition) is 2. The third-order valence-corrected chi connectivity index (χ3v) is 2.88. The molecule has 20 heavy (non-hydrogen) atoms. The smallest absolute Gasteiger partial charge is 0.224 e. The van der Waals surface area contributed by atoms with Crippen molar-refractivity contribution >= 4 is 24.0 Å². The topological polar surface area (TPSA) is 64.3 Å². The van der Waals surface area contributed by atoms with Crippen molar-refractivity contribution in [3.8, 4) is 0 Å². The number of ether oxygens (including phenoxy) is 1. The molecule has 1 aromatic rings. The van der Waals surface area contributed by atoms with Gasteiger partial charge in [0.1, 0.15) is 0 Å². The van der Waals surface area contributed by atoms with Gasteiger partial charge in [-0.25, -0.2) is 0 Å². The molecule has 0 atom stereocenters. The normalized spacial score (nSPS) is 9.90. The first-order valence-corrected chi connectivity index (χ1v) is 6.84. The number of halogens is 1. The molecule has 0 saturated carbocycles. The standard InChI is InChI=1S/C15H24N2O2.ClH/c1-19-12-13-7-6-8-14(11-13)17-15(18)9-4-2-3-5-10-16;/h6-8,11H,2-5,9-10,12,16H2,1H3,(H,17,18);1H. The predicted molar refractivity (Wildman–Crippen MR) is 85.2 cm³/mol. The molecule has 0 aliphatic heterocycles. The molecule has 0 aliphatic carbocycles. The molecule has 0 aromatic heterocycles. The highest BCUT2D eigenvalue weighted by Gasteiger charge is 2.03. The Bertz CT molecular complexity index is 386. The van der Waals surface area contributed by atoms with Crippen LogP contribution in [-0.2, 0) is 16.1 Å². The lowest BCUT2D eigenvalue weighted by Crippen LogP contribution is -2.11. The summed E-state index contributed by atoms with van der Waals surface area (Å²) in [6, 6.07) is 7.73. The highest BCUT2D eigenvalue weighted by atomic mass is 35.5. The summed E-state index contributed by atoms with van der Waals surface area (Å²) in [6.45, 7) is 1.29. The van der Waals surface area contributed by atoms with Crippen LogP contribution in [0.25, 0.3) is 0 Å². The zero-order valence-corrected chi connectivity index (χ0v) is 12.9. The van der Waals surface area contributed by atoms with Gasteiger partial charge >= 0.3 is 0 Å². The highest BCUT2D eigenvalue weighted by Crippen LogP contribution is 2.12. The van der Waals surface area contributed by atoms with Crippen molar-refractivity contribution in [2.45, 2.75) is 38.7 Å². The van der Waals surface area contributed by atoms with Gasteiger partial charge in [-0.05, 0) is 37.1 Å². The minimum Gasteiger partial charge on any atom is -0.380 e. The van der Waals surface area contributed by atoms with Crippen molar-refractivity contribution < 1.29 is 9.53 Å². The van der Waals surface area contributed by atoms with Gasteiger partial charge in [0.25, 0.3) is 0 Å². The average Bonchev–Trinajstić information content (AvgIpc) is 2.39. The van der Waals surface area contributed by atoms with Crippen LogP contribution in [0.1, 0.15) is 37.7 Å². The number of amides is 1. The Hall–Kier alpha value is -1.10. The van der Waals surface area contributed by atoms with Gasteiger partial charge in [-0.1, -0.05) is 25.0 Å². The molecular weight excluding hydrogens is 276 g/mol. The molecule has 114 valence electrons. The predicted octanol–water partition coefficient (Wildman–Crippen LogP) is 3.10. The van der Waals surface area contributed by atoms with E-state index in [1.807, 2.05) is 24.3 Å². The number of rotatable bonds is 9. The number of carbonyl (C=O) groups is 1. The molecule has 0 aliphatic rings. The zero-order chi connectivity index (χ0) is 13.9. The van der Waals surface area contributed by atoms with Crippen LogP contribution >= 0.6 is 12.4 Å². The first-order chi connectivity index (χ1) is 9.26. The van der Waals surface area contributed by atoms with Crippen LogP contribution in [0.4, 0.5) is 5.69 Å². The number of carbonyl (C=O) groups excluding carboxylic acids is 1. The molecule has 0 saturated heterocycles. The van der Waals surface area contributed by atoms with E-state index in [1.165, 1.54) is 0 Å². The van der Waals surface area contributed by atoms with Crippen molar-refractivity contribution in [3.63, 3.8) is 0 Å². The van der Waals surface area contributed by atoms with Crippen LogP contribution < -0.4 is 11.1 Å². The summed E-state index contributed by atoms with van der Waals surface area (Å²) >= 11 is 0. The van der Waals surface area contributed by atoms with E-state index in [1.54, 1.807) is 7.11 Å². The fourth-order valence-corrected chi connectivity index (χ4v) is 1.91. The summed E-state index contributed by atoms with van der Waals surface area (Å²) in [7, 11) is 1.66. The fraction of sp³-hybridized carbons (Fsp3) is 0.533. The van der Waals surface area contributed by atoms with E-state index in [2.05, 4.69) is 5.32 Å². The first kappa shape index (κ1) is 18.9. The van der Waals surface area contributed by atoms with E-state index in [0.717, 1.165) is 43.5 Å². The van der Waals surface area contributed by atoms with Gasteiger partial charge in [0.2, 0.25) is 5.91 Å². The number of anilines is 1. The van der Waals surface area contributed by atoms with E-state index in [9.17, 15) is 4.79 Å². The maximum atomic E-state index is 11.7. The third kappa shape index (κ3) is 8.15. The van der Waals surface area contributed by atoms with Crippen LogP contribution in [0, 0.1) is 0 Å². The molecule has 1 amide bonds. The van der Waals surface area contributed by atoms with Crippen molar-refractivity contribution in [1.82, 2.24) is 0 Å². The molecule has 0 unspecified atom stereocenters. The number of methoxy groups -OCH3 is 1. The second-order valence-corrected chi connectivity index (χ2v) is 4.63. The summed E-state index contributed by atoms with van der Waals surface area (Å²) in [5, 5.41) is 2.91. The van der Waals surface area contributed by atoms with Crippen molar-refractivity contribution in [2.24, 2.45) is 5.73 Å². The molecule has 1 rings (SSSR count). The Balaban J connectivity index is 0.00000361. The van der Waals surface area contributed by atoms with E-state index < -0.39 is 0 Å². The lowest BCUT2D eigenvalue weighted by Gasteiger charge is -2.07. The molecule has 0 bridgehead atoms. The van der Waals surface area contributed by atoms with E-state index >= 15 is 0 Å². The highest BCUT2D eigenvalue weighted by molar-refractivity contribution is 5.90. The third-order valence-electron chi connectivity index (χ3n) is 2.88. The molecule has 0 radical (unpaired) electrons.